The van der Waals surface area contributed by atoms with Crippen molar-refractivity contribution in [1.29, 1.82) is 0 Å². The summed E-state index contributed by atoms with van der Waals surface area (Å²) in [6.45, 7) is 0. The molecule has 1 fully saturated rings. The maximum atomic E-state index is 5.14. The molecule has 0 bridgehead atoms. The summed E-state index contributed by atoms with van der Waals surface area (Å²) in [5.74, 6) is 0.852. The van der Waals surface area contributed by atoms with Crippen LogP contribution in [0.2, 0.25) is 0 Å². The number of methoxy groups -OCH3 is 2. The van der Waals surface area contributed by atoms with Gasteiger partial charge in [0.15, 0.2) is 5.56 Å². The van der Waals surface area contributed by atoms with E-state index in [0.717, 1.165) is 11.4 Å². The topological polar surface area (TPSA) is 54.5 Å². The van der Waals surface area contributed by atoms with Gasteiger partial charge in [-0.1, -0.05) is 11.8 Å². The third-order valence-electron chi connectivity index (χ3n) is 2.19. The van der Waals surface area contributed by atoms with E-state index in [9.17, 15) is 0 Å². The van der Waals surface area contributed by atoms with Gasteiger partial charge in [0.2, 0.25) is 0 Å². The highest BCUT2D eigenvalue weighted by atomic mass is 32.2. The van der Waals surface area contributed by atoms with E-state index in [1.165, 1.54) is 0 Å². The van der Waals surface area contributed by atoms with Gasteiger partial charge in [0.1, 0.15) is 11.2 Å². The molecule has 1 aliphatic heterocycles. The molecule has 0 amide bonds. The van der Waals surface area contributed by atoms with Gasteiger partial charge in [-0.15, -0.1) is 0 Å². The molecule has 16 heavy (non-hydrogen) atoms. The first-order valence-corrected chi connectivity index (χ1v) is 5.86. The monoisotopic (exact) mass is 241 g/mol. The van der Waals surface area contributed by atoms with E-state index in [-0.39, 0.29) is 11.1 Å². The Bertz CT molecular complexity index is 333. The predicted molar refractivity (Wildman–Crippen MR) is 65.1 cm³/mol. The Kier molecular flexibility index (Phi) is 3.89. The quantitative estimate of drug-likeness (QED) is 0.735. The maximum absolute atomic E-state index is 5.14. The molecule has 0 aromatic heterocycles. The van der Waals surface area contributed by atoms with Gasteiger partial charge in [0.25, 0.3) is 0 Å². The summed E-state index contributed by atoms with van der Waals surface area (Å²) in [5, 5.41) is 3.31. The van der Waals surface area contributed by atoms with Crippen LogP contribution < -0.4 is 20.9 Å². The molecule has 6 heteroatoms. The first kappa shape index (κ1) is 11.5. The van der Waals surface area contributed by atoms with Crippen molar-refractivity contribution in [3.63, 3.8) is 0 Å². The van der Waals surface area contributed by atoms with E-state index >= 15 is 0 Å². The molecule has 0 spiro atoms. The van der Waals surface area contributed by atoms with Crippen LogP contribution >= 0.6 is 11.8 Å². The van der Waals surface area contributed by atoms with Crippen molar-refractivity contribution in [3.05, 3.63) is 24.3 Å². The van der Waals surface area contributed by atoms with Crippen molar-refractivity contribution in [2.45, 2.75) is 11.1 Å². The minimum absolute atomic E-state index is 0.0178. The zero-order valence-corrected chi connectivity index (χ0v) is 10.0. The summed E-state index contributed by atoms with van der Waals surface area (Å²) < 4.78 is 10.2. The molecule has 0 radical (unpaired) electrons. The first-order chi connectivity index (χ1) is 7.81. The third-order valence-corrected chi connectivity index (χ3v) is 3.26. The zero-order valence-electron chi connectivity index (χ0n) is 9.19. The van der Waals surface area contributed by atoms with Gasteiger partial charge in [-0.2, -0.15) is 0 Å². The van der Waals surface area contributed by atoms with E-state index in [0.29, 0.717) is 0 Å². The van der Waals surface area contributed by atoms with Crippen molar-refractivity contribution in [2.24, 2.45) is 0 Å². The summed E-state index contributed by atoms with van der Waals surface area (Å²) in [6.07, 6.45) is 0. The van der Waals surface area contributed by atoms with Gasteiger partial charge in [0.05, 0.1) is 7.11 Å². The summed E-state index contributed by atoms with van der Waals surface area (Å²) in [5.41, 5.74) is 7.19. The number of thioether (sulfide) groups is 1. The average Bonchev–Trinajstić information content (AvgIpc) is 2.78. The van der Waals surface area contributed by atoms with Crippen LogP contribution in [-0.2, 0) is 4.74 Å². The second kappa shape index (κ2) is 5.40. The molecule has 1 aromatic carbocycles. The molecule has 1 saturated heterocycles. The van der Waals surface area contributed by atoms with Gasteiger partial charge in [-0.05, 0) is 24.3 Å². The van der Waals surface area contributed by atoms with E-state index in [1.54, 1.807) is 26.0 Å². The molecule has 2 rings (SSSR count). The highest BCUT2D eigenvalue weighted by molar-refractivity contribution is 8.00. The van der Waals surface area contributed by atoms with Crippen LogP contribution in [0, 0.1) is 0 Å². The lowest BCUT2D eigenvalue weighted by Gasteiger charge is -2.12. The van der Waals surface area contributed by atoms with Crippen LogP contribution in [0.1, 0.15) is 0 Å². The van der Waals surface area contributed by atoms with Crippen LogP contribution in [0.25, 0.3) is 0 Å². The summed E-state index contributed by atoms with van der Waals surface area (Å²) in [4.78, 5) is 0. The lowest BCUT2D eigenvalue weighted by molar-refractivity contribution is 0.142. The fourth-order valence-electron chi connectivity index (χ4n) is 1.36. The van der Waals surface area contributed by atoms with E-state index in [4.69, 9.17) is 9.47 Å². The summed E-state index contributed by atoms with van der Waals surface area (Å²) in [6, 6.07) is 7.79. The number of rotatable bonds is 4. The van der Waals surface area contributed by atoms with Crippen LogP contribution in [0.4, 0.5) is 5.69 Å². The normalized spacial score (nSPS) is 24.4. The Morgan fingerprint density at radius 3 is 2.50 bits per heavy atom. The number of nitrogens with one attached hydrogen (secondary N) is 3. The first-order valence-electron chi connectivity index (χ1n) is 4.92. The van der Waals surface area contributed by atoms with Crippen molar-refractivity contribution >= 4 is 17.4 Å². The van der Waals surface area contributed by atoms with Crippen LogP contribution in [0.5, 0.6) is 5.75 Å². The van der Waals surface area contributed by atoms with E-state index in [2.05, 4.69) is 16.2 Å². The molecule has 0 aliphatic carbocycles. The maximum Gasteiger partial charge on any atom is 0.171 e. The minimum Gasteiger partial charge on any atom is -0.497 e. The molecule has 5 nitrogen and oxygen atoms in total. The molecule has 3 N–H and O–H groups in total. The second-order valence-electron chi connectivity index (χ2n) is 3.25. The van der Waals surface area contributed by atoms with Crippen LogP contribution in [0.3, 0.4) is 0 Å². The van der Waals surface area contributed by atoms with Gasteiger partial charge >= 0.3 is 0 Å². The SMILES string of the molecule is COc1ccc(NC2NNC(OC)S2)cc1. The Labute approximate surface area is 98.9 Å². The van der Waals surface area contributed by atoms with Crippen LogP contribution in [0.15, 0.2) is 24.3 Å². The lowest BCUT2D eigenvalue weighted by Crippen LogP contribution is -2.37. The predicted octanol–water partition coefficient (Wildman–Crippen LogP) is 1.16. The molecule has 1 aromatic rings. The lowest BCUT2D eigenvalue weighted by atomic mass is 10.3. The highest BCUT2D eigenvalue weighted by Crippen LogP contribution is 2.22. The molecular formula is C10H15N3O2S. The Morgan fingerprint density at radius 2 is 1.94 bits per heavy atom. The molecule has 2 unspecified atom stereocenters. The van der Waals surface area contributed by atoms with Gasteiger partial charge in [0, 0.05) is 12.8 Å². The molecule has 1 aliphatic rings. The number of ether oxygens (including phenoxy) is 2. The largest absolute Gasteiger partial charge is 0.497 e. The number of hydrogen-bond donors (Lipinski definition) is 3. The molecule has 1 heterocycles. The van der Waals surface area contributed by atoms with E-state index < -0.39 is 0 Å². The van der Waals surface area contributed by atoms with Gasteiger partial charge in [-0.25, -0.2) is 10.9 Å². The zero-order chi connectivity index (χ0) is 11.4. The Hall–Kier alpha value is -0.950. The molecule has 0 saturated carbocycles. The summed E-state index contributed by atoms with van der Waals surface area (Å²) >= 11 is 1.63. The van der Waals surface area contributed by atoms with Crippen molar-refractivity contribution in [2.75, 3.05) is 19.5 Å². The van der Waals surface area contributed by atoms with Crippen molar-refractivity contribution in [3.8, 4) is 5.75 Å². The van der Waals surface area contributed by atoms with Crippen molar-refractivity contribution < 1.29 is 9.47 Å². The van der Waals surface area contributed by atoms with Crippen molar-refractivity contribution in [1.82, 2.24) is 10.9 Å². The fraction of sp³-hybridized carbons (Fsp3) is 0.400. The highest BCUT2D eigenvalue weighted by Gasteiger charge is 2.23. The number of benzene rings is 1. The smallest absolute Gasteiger partial charge is 0.171 e. The number of hydrazine groups is 1. The Balaban J connectivity index is 1.89. The molecule has 88 valence electrons. The van der Waals surface area contributed by atoms with Crippen LogP contribution in [-0.4, -0.2) is 25.3 Å². The second-order valence-corrected chi connectivity index (χ2v) is 4.42. The Morgan fingerprint density at radius 1 is 1.19 bits per heavy atom. The molecular weight excluding hydrogens is 226 g/mol. The number of hydrogen-bond acceptors (Lipinski definition) is 6. The van der Waals surface area contributed by atoms with Gasteiger partial charge in [-0.3, -0.25) is 0 Å². The number of anilines is 1. The average molecular weight is 241 g/mol. The molecule has 2 atom stereocenters. The third kappa shape index (κ3) is 2.79. The standard InChI is InChI=1S/C10H15N3O2S/c1-14-8-5-3-7(4-6-8)11-9-12-13-10(15-2)16-9/h3-6,9-13H,1-2H3. The fourth-order valence-corrected chi connectivity index (χ4v) is 2.19. The van der Waals surface area contributed by atoms with Gasteiger partial charge < -0.3 is 14.8 Å². The van der Waals surface area contributed by atoms with E-state index in [1.807, 2.05) is 24.3 Å². The summed E-state index contributed by atoms with van der Waals surface area (Å²) in [7, 11) is 3.33. The minimum atomic E-state index is -0.0178.